The van der Waals surface area contributed by atoms with Crippen LogP contribution >= 0.6 is 11.6 Å². The van der Waals surface area contributed by atoms with Crippen molar-refractivity contribution in [2.24, 2.45) is 0 Å². The molecule has 0 heterocycles. The van der Waals surface area contributed by atoms with Gasteiger partial charge in [0.1, 0.15) is 0 Å². The van der Waals surface area contributed by atoms with Crippen LogP contribution in [-0.4, -0.2) is 36.3 Å². The average Bonchev–Trinajstić information content (AvgIpc) is 2.67. The molecule has 0 aliphatic rings. The summed E-state index contributed by atoms with van der Waals surface area (Å²) in [7, 11) is 0. The molecule has 0 bridgehead atoms. The van der Waals surface area contributed by atoms with Crippen LogP contribution in [0.15, 0.2) is 48.5 Å². The number of benzene rings is 2. The maximum atomic E-state index is 12.4. The fraction of sp³-hybridized carbons (Fsp3) is 0.333. The number of hydrogen-bond donors (Lipinski definition) is 2. The van der Waals surface area contributed by atoms with Gasteiger partial charge in [0.05, 0.1) is 6.54 Å². The van der Waals surface area contributed by atoms with Gasteiger partial charge in [-0.25, -0.2) is 0 Å². The summed E-state index contributed by atoms with van der Waals surface area (Å²) >= 11 is 5.90. The van der Waals surface area contributed by atoms with Crippen molar-refractivity contribution in [3.8, 4) is 0 Å². The van der Waals surface area contributed by atoms with Gasteiger partial charge in [0, 0.05) is 35.4 Å². The van der Waals surface area contributed by atoms with Crippen LogP contribution in [0.2, 0.25) is 5.02 Å². The van der Waals surface area contributed by atoms with Crippen LogP contribution in [0.3, 0.4) is 0 Å². The van der Waals surface area contributed by atoms with Crippen LogP contribution in [0, 0.1) is 0 Å². The molecule has 2 aromatic rings. The topological polar surface area (TPSA) is 61.4 Å². The minimum absolute atomic E-state index is 0.0172. The number of amides is 2. The molecule has 27 heavy (non-hydrogen) atoms. The van der Waals surface area contributed by atoms with E-state index < -0.39 is 0 Å². The highest BCUT2D eigenvalue weighted by atomic mass is 35.5. The van der Waals surface area contributed by atoms with Crippen LogP contribution < -0.4 is 10.6 Å². The monoisotopic (exact) mass is 387 g/mol. The second-order valence-corrected chi connectivity index (χ2v) is 6.70. The van der Waals surface area contributed by atoms with E-state index in [1.807, 2.05) is 45.0 Å². The van der Waals surface area contributed by atoms with Gasteiger partial charge in [-0.1, -0.05) is 29.8 Å². The lowest BCUT2D eigenvalue weighted by atomic mass is 10.1. The molecule has 2 N–H and O–H groups in total. The molecule has 6 heteroatoms. The Morgan fingerprint density at radius 2 is 1.74 bits per heavy atom. The molecule has 0 unspecified atom stereocenters. The van der Waals surface area contributed by atoms with Crippen molar-refractivity contribution in [2.75, 3.05) is 25.0 Å². The summed E-state index contributed by atoms with van der Waals surface area (Å²) in [4.78, 5) is 26.4. The Balaban J connectivity index is 1.92. The number of carbonyl (C=O) groups is 2. The van der Waals surface area contributed by atoms with Crippen molar-refractivity contribution >= 4 is 29.1 Å². The molecule has 0 aliphatic carbocycles. The summed E-state index contributed by atoms with van der Waals surface area (Å²) < 4.78 is 0. The zero-order valence-electron chi connectivity index (χ0n) is 16.0. The normalized spacial score (nSPS) is 11.7. The van der Waals surface area contributed by atoms with E-state index in [0.29, 0.717) is 29.4 Å². The molecule has 2 amide bonds. The predicted octanol–water partition coefficient (Wildman–Crippen LogP) is 4.11. The Labute approximate surface area is 165 Å². The first-order chi connectivity index (χ1) is 12.9. The molecular weight excluding hydrogens is 362 g/mol. The summed E-state index contributed by atoms with van der Waals surface area (Å²) in [6.07, 6.45) is 0. The molecule has 0 radical (unpaired) electrons. The van der Waals surface area contributed by atoms with E-state index in [1.165, 1.54) is 0 Å². The first kappa shape index (κ1) is 20.9. The van der Waals surface area contributed by atoms with Gasteiger partial charge in [0.25, 0.3) is 5.91 Å². The van der Waals surface area contributed by atoms with Crippen molar-refractivity contribution in [1.82, 2.24) is 10.2 Å². The standard InChI is InChI=1S/C21H26ClN3O2/c1-4-25(5-2)21(27)17-7-6-8-19(13-17)24-20(26)14-23-15(3)16-9-11-18(22)12-10-16/h6-13,15,23H,4-5,14H2,1-3H3,(H,24,26)/t15-/m0/s1. The molecule has 144 valence electrons. The smallest absolute Gasteiger partial charge is 0.253 e. The van der Waals surface area contributed by atoms with Gasteiger partial charge in [0.15, 0.2) is 0 Å². The van der Waals surface area contributed by atoms with Gasteiger partial charge in [-0.2, -0.15) is 0 Å². The molecule has 0 spiro atoms. The van der Waals surface area contributed by atoms with E-state index in [-0.39, 0.29) is 24.4 Å². The second kappa shape index (κ2) is 10.1. The predicted molar refractivity (Wildman–Crippen MR) is 110 cm³/mol. The zero-order valence-corrected chi connectivity index (χ0v) is 16.7. The third kappa shape index (κ3) is 6.08. The number of anilines is 1. The Kier molecular flexibility index (Phi) is 7.82. The number of rotatable bonds is 8. The van der Waals surface area contributed by atoms with Crippen LogP contribution in [-0.2, 0) is 4.79 Å². The van der Waals surface area contributed by atoms with E-state index in [4.69, 9.17) is 11.6 Å². The minimum atomic E-state index is -0.164. The highest BCUT2D eigenvalue weighted by Crippen LogP contribution is 2.16. The van der Waals surface area contributed by atoms with E-state index >= 15 is 0 Å². The number of hydrogen-bond acceptors (Lipinski definition) is 3. The molecule has 2 aromatic carbocycles. The van der Waals surface area contributed by atoms with Crippen molar-refractivity contribution in [1.29, 1.82) is 0 Å². The number of nitrogens with one attached hydrogen (secondary N) is 2. The zero-order chi connectivity index (χ0) is 19.8. The van der Waals surface area contributed by atoms with E-state index in [9.17, 15) is 9.59 Å². The average molecular weight is 388 g/mol. The van der Waals surface area contributed by atoms with Gasteiger partial charge in [0.2, 0.25) is 5.91 Å². The summed E-state index contributed by atoms with van der Waals surface area (Å²) in [5.41, 5.74) is 2.23. The van der Waals surface area contributed by atoms with Crippen LogP contribution in [0.4, 0.5) is 5.69 Å². The Morgan fingerprint density at radius 3 is 2.37 bits per heavy atom. The lowest BCUT2D eigenvalue weighted by molar-refractivity contribution is -0.115. The van der Waals surface area contributed by atoms with E-state index in [0.717, 1.165) is 5.56 Å². The highest BCUT2D eigenvalue weighted by molar-refractivity contribution is 6.30. The second-order valence-electron chi connectivity index (χ2n) is 6.26. The van der Waals surface area contributed by atoms with Crippen LogP contribution in [0.25, 0.3) is 0 Å². The Morgan fingerprint density at radius 1 is 1.07 bits per heavy atom. The summed E-state index contributed by atoms with van der Waals surface area (Å²) in [6.45, 7) is 7.34. The summed E-state index contributed by atoms with van der Waals surface area (Å²) in [5, 5.41) is 6.70. The quantitative estimate of drug-likeness (QED) is 0.716. The largest absolute Gasteiger partial charge is 0.339 e. The molecule has 2 rings (SSSR count). The fourth-order valence-electron chi connectivity index (χ4n) is 2.74. The van der Waals surface area contributed by atoms with E-state index in [1.54, 1.807) is 29.2 Å². The molecule has 5 nitrogen and oxygen atoms in total. The summed E-state index contributed by atoms with van der Waals surface area (Å²) in [5.74, 6) is -0.200. The summed E-state index contributed by atoms with van der Waals surface area (Å²) in [6, 6.07) is 14.6. The van der Waals surface area contributed by atoms with Gasteiger partial charge >= 0.3 is 0 Å². The first-order valence-corrected chi connectivity index (χ1v) is 9.50. The van der Waals surface area contributed by atoms with Crippen molar-refractivity contribution < 1.29 is 9.59 Å². The molecule has 0 aliphatic heterocycles. The number of halogens is 1. The molecule has 0 aromatic heterocycles. The van der Waals surface area contributed by atoms with Crippen LogP contribution in [0.5, 0.6) is 0 Å². The van der Waals surface area contributed by atoms with Gasteiger partial charge in [-0.05, 0) is 56.7 Å². The van der Waals surface area contributed by atoms with Crippen LogP contribution in [0.1, 0.15) is 42.7 Å². The molecule has 0 saturated heterocycles. The van der Waals surface area contributed by atoms with Gasteiger partial charge < -0.3 is 15.5 Å². The minimum Gasteiger partial charge on any atom is -0.339 e. The highest BCUT2D eigenvalue weighted by Gasteiger charge is 2.13. The maximum Gasteiger partial charge on any atom is 0.253 e. The molecule has 0 saturated carbocycles. The number of carbonyl (C=O) groups excluding carboxylic acids is 2. The van der Waals surface area contributed by atoms with Crippen molar-refractivity contribution in [3.63, 3.8) is 0 Å². The fourth-order valence-corrected chi connectivity index (χ4v) is 2.87. The molecule has 1 atom stereocenters. The van der Waals surface area contributed by atoms with Gasteiger partial charge in [-0.15, -0.1) is 0 Å². The third-order valence-corrected chi connectivity index (χ3v) is 4.63. The van der Waals surface area contributed by atoms with E-state index in [2.05, 4.69) is 10.6 Å². The number of nitrogens with zero attached hydrogens (tertiary/aromatic N) is 1. The molecular formula is C21H26ClN3O2. The maximum absolute atomic E-state index is 12.4. The lowest BCUT2D eigenvalue weighted by Crippen LogP contribution is -2.31. The van der Waals surface area contributed by atoms with Crippen molar-refractivity contribution in [2.45, 2.75) is 26.8 Å². The third-order valence-electron chi connectivity index (χ3n) is 4.38. The molecule has 0 fully saturated rings. The van der Waals surface area contributed by atoms with Gasteiger partial charge in [-0.3, -0.25) is 9.59 Å². The lowest BCUT2D eigenvalue weighted by Gasteiger charge is -2.19. The Bertz CT molecular complexity index is 773. The van der Waals surface area contributed by atoms with Crippen molar-refractivity contribution in [3.05, 3.63) is 64.7 Å². The SMILES string of the molecule is CCN(CC)C(=O)c1cccc(NC(=O)CN[C@@H](C)c2ccc(Cl)cc2)c1. The first-order valence-electron chi connectivity index (χ1n) is 9.12. The Hall–Kier alpha value is -2.37.